The molecule has 0 radical (unpaired) electrons. The second kappa shape index (κ2) is 10.4. The van der Waals surface area contributed by atoms with Crippen LogP contribution in [0.25, 0.3) is 11.1 Å². The maximum atomic E-state index is 13.9. The molecule has 1 saturated carbocycles. The van der Waals surface area contributed by atoms with E-state index in [1.54, 1.807) is 24.3 Å². The van der Waals surface area contributed by atoms with Crippen molar-refractivity contribution in [2.24, 2.45) is 0 Å². The first-order valence-corrected chi connectivity index (χ1v) is 13.9. The minimum Gasteiger partial charge on any atom is -0.478 e. The number of carbonyl (C=O) groups excluding carboxylic acids is 1. The molecule has 206 valence electrons. The summed E-state index contributed by atoms with van der Waals surface area (Å²) in [7, 11) is 0. The number of likely N-dealkylation sites (tertiary alicyclic amines) is 1. The zero-order chi connectivity index (χ0) is 27.9. The molecule has 2 aliphatic rings. The number of fused-ring (bicyclic) bond motifs is 1. The van der Waals surface area contributed by atoms with Crippen molar-refractivity contribution in [2.75, 3.05) is 19.6 Å². The Bertz CT molecular complexity index is 1610. The smallest absolute Gasteiger partial charge is 0.420 e. The van der Waals surface area contributed by atoms with E-state index in [0.29, 0.717) is 16.7 Å². The van der Waals surface area contributed by atoms with E-state index in [4.69, 9.17) is 4.42 Å². The number of nitrogens with zero attached hydrogens (tertiary/aromatic N) is 2. The van der Waals surface area contributed by atoms with Gasteiger partial charge in [-0.2, -0.15) is 0 Å². The maximum absolute atomic E-state index is 13.9. The number of carboxylic acid groups (broad SMARTS) is 1. The average Bonchev–Trinajstić information content (AvgIpc) is 3.49. The number of oxazole rings is 1. The molecule has 1 unspecified atom stereocenters. The van der Waals surface area contributed by atoms with Gasteiger partial charge in [0.15, 0.2) is 5.58 Å². The van der Waals surface area contributed by atoms with Gasteiger partial charge in [-0.1, -0.05) is 48.5 Å². The highest BCUT2D eigenvalue weighted by Gasteiger charge is 2.52. The molecule has 3 aromatic carbocycles. The van der Waals surface area contributed by atoms with Gasteiger partial charge < -0.3 is 19.7 Å². The van der Waals surface area contributed by atoms with Gasteiger partial charge in [-0.15, -0.1) is 0 Å². The summed E-state index contributed by atoms with van der Waals surface area (Å²) in [5, 5.41) is 12.8. The van der Waals surface area contributed by atoms with Crippen molar-refractivity contribution in [3.63, 3.8) is 0 Å². The fourth-order valence-electron chi connectivity index (χ4n) is 5.99. The second-order valence-electron chi connectivity index (χ2n) is 11.1. The lowest BCUT2D eigenvalue weighted by molar-refractivity contribution is -0.124. The van der Waals surface area contributed by atoms with E-state index in [9.17, 15) is 19.5 Å². The summed E-state index contributed by atoms with van der Waals surface area (Å²) >= 11 is 0. The zero-order valence-corrected chi connectivity index (χ0v) is 22.5. The summed E-state index contributed by atoms with van der Waals surface area (Å²) in [4.78, 5) is 40.8. The van der Waals surface area contributed by atoms with E-state index in [2.05, 4.69) is 22.3 Å². The topological polar surface area (TPSA) is 105 Å². The molecule has 1 aromatic heterocycles. The van der Waals surface area contributed by atoms with Crippen molar-refractivity contribution in [3.05, 3.63) is 106 Å². The molecule has 2 heterocycles. The summed E-state index contributed by atoms with van der Waals surface area (Å²) in [6, 6.07) is 21.7. The molecule has 2 atom stereocenters. The Labute approximate surface area is 232 Å². The van der Waals surface area contributed by atoms with Crippen molar-refractivity contribution < 1.29 is 19.1 Å². The normalized spacial score (nSPS) is 17.9. The van der Waals surface area contributed by atoms with Gasteiger partial charge in [0.1, 0.15) is 0 Å². The third-order valence-corrected chi connectivity index (χ3v) is 8.50. The van der Waals surface area contributed by atoms with Crippen molar-refractivity contribution in [1.29, 1.82) is 0 Å². The van der Waals surface area contributed by atoms with Crippen LogP contribution in [-0.4, -0.2) is 46.1 Å². The molecule has 2 N–H and O–H groups in total. The van der Waals surface area contributed by atoms with E-state index < -0.39 is 23.2 Å². The molecule has 1 aliphatic carbocycles. The lowest BCUT2D eigenvalue weighted by Crippen LogP contribution is -2.41. The number of aromatic carboxylic acids is 1. The van der Waals surface area contributed by atoms with Gasteiger partial charge in [-0.25, -0.2) is 9.59 Å². The monoisotopic (exact) mass is 539 g/mol. The van der Waals surface area contributed by atoms with E-state index in [0.717, 1.165) is 43.6 Å². The lowest BCUT2D eigenvalue weighted by Gasteiger charge is -2.27. The van der Waals surface area contributed by atoms with Gasteiger partial charge in [-0.3, -0.25) is 9.36 Å². The van der Waals surface area contributed by atoms with E-state index >= 15 is 0 Å². The van der Waals surface area contributed by atoms with Gasteiger partial charge in [-0.05, 0) is 86.7 Å². The molecular formula is C32H33N3O5. The van der Waals surface area contributed by atoms with Crippen LogP contribution in [0.1, 0.15) is 71.7 Å². The molecule has 40 heavy (non-hydrogen) atoms. The summed E-state index contributed by atoms with van der Waals surface area (Å²) in [5.41, 5.74) is 3.15. The Kier molecular flexibility index (Phi) is 6.80. The first-order valence-electron chi connectivity index (χ1n) is 13.9. The van der Waals surface area contributed by atoms with Crippen LogP contribution in [0.2, 0.25) is 0 Å². The zero-order valence-electron chi connectivity index (χ0n) is 22.5. The number of hydrogen-bond acceptors (Lipinski definition) is 5. The molecule has 0 bridgehead atoms. The Balaban J connectivity index is 1.31. The minimum absolute atomic E-state index is 0.000463. The number of nitrogens with one attached hydrogen (secondary N) is 1. The molecule has 2 fully saturated rings. The van der Waals surface area contributed by atoms with Crippen LogP contribution in [0.15, 0.2) is 82.0 Å². The highest BCUT2D eigenvalue weighted by Crippen LogP contribution is 2.49. The molecular weight excluding hydrogens is 506 g/mol. The van der Waals surface area contributed by atoms with Crippen LogP contribution < -0.4 is 11.1 Å². The van der Waals surface area contributed by atoms with Gasteiger partial charge >= 0.3 is 11.7 Å². The van der Waals surface area contributed by atoms with Crippen LogP contribution in [0.5, 0.6) is 0 Å². The van der Waals surface area contributed by atoms with E-state index in [-0.39, 0.29) is 17.5 Å². The number of carbonyl (C=O) groups is 2. The van der Waals surface area contributed by atoms with Crippen LogP contribution in [-0.2, 0) is 10.2 Å². The first kappa shape index (κ1) is 26.1. The molecule has 1 amide bonds. The van der Waals surface area contributed by atoms with Crippen molar-refractivity contribution in [3.8, 4) is 0 Å². The lowest BCUT2D eigenvalue weighted by atomic mass is 9.93. The number of amides is 1. The standard InChI is InChI=1S/C32H33N3O5/c1-21(23-10-7-11-24(18-23)29(36)37)35-27-19-25(12-13-28(27)40-31(35)39)32(14-15-32)30(38)33-26(20-34-16-5-6-17-34)22-8-3-2-4-9-22/h2-4,7-13,18-19,21,26H,5-6,14-17,20H2,1H3,(H,33,38)(H,36,37)/t21?,26-/m1/s1. The fraction of sp³-hybridized carbons (Fsp3) is 0.344. The second-order valence-corrected chi connectivity index (χ2v) is 11.1. The van der Waals surface area contributed by atoms with Crippen LogP contribution in [0.3, 0.4) is 0 Å². The summed E-state index contributed by atoms with van der Waals surface area (Å²) < 4.78 is 7.09. The fourth-order valence-corrected chi connectivity index (χ4v) is 5.99. The predicted molar refractivity (Wildman–Crippen MR) is 152 cm³/mol. The van der Waals surface area contributed by atoms with Crippen LogP contribution >= 0.6 is 0 Å². The third-order valence-electron chi connectivity index (χ3n) is 8.50. The quantitative estimate of drug-likeness (QED) is 0.314. The summed E-state index contributed by atoms with van der Waals surface area (Å²) in [6.45, 7) is 4.71. The highest BCUT2D eigenvalue weighted by molar-refractivity contribution is 5.93. The van der Waals surface area contributed by atoms with Gasteiger partial charge in [0, 0.05) is 6.54 Å². The predicted octanol–water partition coefficient (Wildman–Crippen LogP) is 4.89. The van der Waals surface area contributed by atoms with Crippen molar-refractivity contribution in [2.45, 2.75) is 50.1 Å². The molecule has 0 spiro atoms. The Morgan fingerprint density at radius 1 is 0.975 bits per heavy atom. The number of hydrogen-bond donors (Lipinski definition) is 2. The SMILES string of the molecule is CC(c1cccc(C(=O)O)c1)n1c(=O)oc2ccc(C3(C(=O)N[C@H](CN4CCCC4)c4ccccc4)CC3)cc21. The number of rotatable bonds is 9. The minimum atomic E-state index is -1.03. The largest absolute Gasteiger partial charge is 0.478 e. The van der Waals surface area contributed by atoms with Crippen molar-refractivity contribution in [1.82, 2.24) is 14.8 Å². The third kappa shape index (κ3) is 4.84. The number of aromatic nitrogens is 1. The molecule has 4 aromatic rings. The molecule has 6 rings (SSSR count). The van der Waals surface area contributed by atoms with Crippen LogP contribution in [0.4, 0.5) is 0 Å². The number of benzene rings is 3. The van der Waals surface area contributed by atoms with Gasteiger partial charge in [0.05, 0.1) is 28.6 Å². The Hall–Kier alpha value is -4.17. The van der Waals surface area contributed by atoms with Crippen LogP contribution in [0, 0.1) is 0 Å². The highest BCUT2D eigenvalue weighted by atomic mass is 16.4. The van der Waals surface area contributed by atoms with Gasteiger partial charge in [0.25, 0.3) is 0 Å². The van der Waals surface area contributed by atoms with E-state index in [1.165, 1.54) is 23.5 Å². The molecule has 8 nitrogen and oxygen atoms in total. The maximum Gasteiger partial charge on any atom is 0.420 e. The first-order chi connectivity index (χ1) is 19.4. The number of carboxylic acids is 1. The Morgan fingerprint density at radius 3 is 2.40 bits per heavy atom. The molecule has 8 heteroatoms. The Morgan fingerprint density at radius 2 is 1.70 bits per heavy atom. The van der Waals surface area contributed by atoms with Crippen molar-refractivity contribution >= 4 is 23.0 Å². The van der Waals surface area contributed by atoms with Gasteiger partial charge in [0.2, 0.25) is 5.91 Å². The van der Waals surface area contributed by atoms with E-state index in [1.807, 2.05) is 37.3 Å². The average molecular weight is 540 g/mol. The summed E-state index contributed by atoms with van der Waals surface area (Å²) in [5.74, 6) is -1.55. The molecule has 1 aliphatic heterocycles. The molecule has 1 saturated heterocycles. The summed E-state index contributed by atoms with van der Waals surface area (Å²) in [6.07, 6.45) is 3.83.